The minimum atomic E-state index is -0.677. The summed E-state index contributed by atoms with van der Waals surface area (Å²) in [7, 11) is 1.66. The lowest BCUT2D eigenvalue weighted by Crippen LogP contribution is -2.29. The third kappa shape index (κ3) is 3.80. The van der Waals surface area contributed by atoms with Gasteiger partial charge in [0.05, 0.1) is 28.9 Å². The van der Waals surface area contributed by atoms with Crippen LogP contribution in [-0.4, -0.2) is 36.1 Å². The number of carbonyl (C=O) groups excluding carboxylic acids is 1. The number of ether oxygens (including phenoxy) is 2. The van der Waals surface area contributed by atoms with Crippen molar-refractivity contribution >= 4 is 28.9 Å². The van der Waals surface area contributed by atoms with E-state index < -0.39 is 17.8 Å². The number of nitrogens with one attached hydrogen (secondary N) is 2. The van der Waals surface area contributed by atoms with Crippen LogP contribution in [0, 0.1) is 5.82 Å². The van der Waals surface area contributed by atoms with E-state index in [0.29, 0.717) is 17.1 Å². The summed E-state index contributed by atoms with van der Waals surface area (Å²) in [6.45, 7) is 5.85. The molecule has 0 fully saturated rings. The number of halogens is 2. The monoisotopic (exact) mass is 392 g/mol. The third-order valence-corrected chi connectivity index (χ3v) is 4.37. The molecule has 0 saturated carbocycles. The summed E-state index contributed by atoms with van der Waals surface area (Å²) >= 11 is 6.15. The average Bonchev–Trinajstić information content (AvgIpc) is 2.66. The lowest BCUT2D eigenvalue weighted by Gasteiger charge is -2.20. The Balaban J connectivity index is 2.08. The first-order valence-electron chi connectivity index (χ1n) is 8.22. The van der Waals surface area contributed by atoms with E-state index in [0.717, 1.165) is 0 Å². The van der Waals surface area contributed by atoms with Gasteiger partial charge in [-0.15, -0.1) is 0 Å². The van der Waals surface area contributed by atoms with Crippen LogP contribution in [0.5, 0.6) is 11.6 Å². The molecule has 1 atom stereocenters. The van der Waals surface area contributed by atoms with Crippen molar-refractivity contribution in [2.45, 2.75) is 13.0 Å². The van der Waals surface area contributed by atoms with Crippen LogP contribution in [0.25, 0.3) is 5.57 Å². The van der Waals surface area contributed by atoms with Crippen LogP contribution in [0.1, 0.15) is 24.3 Å². The second-order valence-corrected chi connectivity index (χ2v) is 6.15. The van der Waals surface area contributed by atoms with Crippen LogP contribution in [0.15, 0.2) is 24.9 Å². The normalized spacial score (nSPS) is 17.3. The molecule has 3 rings (SSSR count). The molecular formula is C18H18ClFN4O3. The fraction of sp³-hybridized carbons (Fsp3) is 0.278. The van der Waals surface area contributed by atoms with Gasteiger partial charge in [0.15, 0.2) is 5.82 Å². The molecule has 1 amide bonds. The molecule has 2 aromatic rings. The molecule has 2 N–H and O–H groups in total. The van der Waals surface area contributed by atoms with Crippen LogP contribution in [0.4, 0.5) is 10.2 Å². The molecule has 9 heteroatoms. The quantitative estimate of drug-likeness (QED) is 0.726. The third-order valence-electron chi connectivity index (χ3n) is 3.99. The molecule has 1 aliphatic rings. The summed E-state index contributed by atoms with van der Waals surface area (Å²) in [5, 5.41) is 5.46. The number of fused-ring (bicyclic) bond motifs is 3. The SMILES string of the molecule is C=C1C(=O)NCCOc2ccc(F)c(Cl)c2[C@@H](C)Oc2cnc(NC)c1n2. The Labute approximate surface area is 160 Å². The van der Waals surface area contributed by atoms with Crippen molar-refractivity contribution < 1.29 is 18.7 Å². The lowest BCUT2D eigenvalue weighted by atomic mass is 10.1. The molecule has 0 aliphatic carbocycles. The predicted octanol–water partition coefficient (Wildman–Crippen LogP) is 2.97. The maximum absolute atomic E-state index is 14.0. The van der Waals surface area contributed by atoms with Gasteiger partial charge in [0.25, 0.3) is 5.91 Å². The van der Waals surface area contributed by atoms with E-state index in [1.54, 1.807) is 14.0 Å². The predicted molar refractivity (Wildman–Crippen MR) is 99.6 cm³/mol. The molecule has 0 spiro atoms. The number of nitrogens with zero attached hydrogens (tertiary/aromatic N) is 2. The largest absolute Gasteiger partial charge is 0.491 e. The van der Waals surface area contributed by atoms with Crippen molar-refractivity contribution in [2.24, 2.45) is 0 Å². The second-order valence-electron chi connectivity index (χ2n) is 5.77. The minimum absolute atomic E-state index is 0.0941. The van der Waals surface area contributed by atoms with E-state index in [4.69, 9.17) is 21.1 Å². The first-order valence-corrected chi connectivity index (χ1v) is 8.59. The van der Waals surface area contributed by atoms with E-state index >= 15 is 0 Å². The number of aromatic nitrogens is 2. The van der Waals surface area contributed by atoms with Crippen molar-refractivity contribution in [1.82, 2.24) is 15.3 Å². The van der Waals surface area contributed by atoms with Crippen LogP contribution in [0.3, 0.4) is 0 Å². The minimum Gasteiger partial charge on any atom is -0.491 e. The van der Waals surface area contributed by atoms with Crippen LogP contribution in [-0.2, 0) is 4.79 Å². The van der Waals surface area contributed by atoms with Gasteiger partial charge in [0.1, 0.15) is 30.0 Å². The van der Waals surface area contributed by atoms with Crippen molar-refractivity contribution in [1.29, 1.82) is 0 Å². The average molecular weight is 393 g/mol. The van der Waals surface area contributed by atoms with Gasteiger partial charge in [-0.05, 0) is 19.1 Å². The number of hydrogen-bond acceptors (Lipinski definition) is 6. The Bertz CT molecular complexity index is 906. The Morgan fingerprint density at radius 1 is 1.44 bits per heavy atom. The molecule has 142 valence electrons. The van der Waals surface area contributed by atoms with E-state index in [1.165, 1.54) is 18.3 Å². The summed E-state index contributed by atoms with van der Waals surface area (Å²) in [4.78, 5) is 20.9. The van der Waals surface area contributed by atoms with E-state index in [9.17, 15) is 9.18 Å². The molecule has 0 unspecified atom stereocenters. The zero-order valence-corrected chi connectivity index (χ0v) is 15.6. The Morgan fingerprint density at radius 2 is 2.22 bits per heavy atom. The van der Waals surface area contributed by atoms with E-state index in [-0.39, 0.29) is 35.3 Å². The van der Waals surface area contributed by atoms with E-state index in [2.05, 4.69) is 27.2 Å². The van der Waals surface area contributed by atoms with Crippen LogP contribution in [0.2, 0.25) is 5.02 Å². The maximum Gasteiger partial charge on any atom is 0.253 e. The summed E-state index contributed by atoms with van der Waals surface area (Å²) in [6, 6.07) is 2.68. The highest BCUT2D eigenvalue weighted by atomic mass is 35.5. The standard InChI is InChI=1S/C18H18ClFN4O3/c1-9-16-17(21-3)23-8-13(24-16)27-10(2)14-12(5-4-11(20)15(14)19)26-7-6-22-18(9)25/h4-5,8,10H,1,6-7H2,2-3H3,(H,21,23)(H,22,25)/t10-/m1/s1. The Kier molecular flexibility index (Phi) is 5.46. The van der Waals surface area contributed by atoms with Gasteiger partial charge in [0.2, 0.25) is 5.88 Å². The van der Waals surface area contributed by atoms with Crippen molar-refractivity contribution in [3.8, 4) is 11.6 Å². The zero-order valence-electron chi connectivity index (χ0n) is 14.8. The fourth-order valence-electron chi connectivity index (χ4n) is 2.66. The summed E-state index contributed by atoms with van der Waals surface area (Å²) in [6.07, 6.45) is 0.716. The number of anilines is 1. The summed E-state index contributed by atoms with van der Waals surface area (Å²) in [5.41, 5.74) is 0.735. The topological polar surface area (TPSA) is 85.4 Å². The van der Waals surface area contributed by atoms with Gasteiger partial charge >= 0.3 is 0 Å². The summed E-state index contributed by atoms with van der Waals surface area (Å²) < 4.78 is 25.5. The zero-order chi connectivity index (χ0) is 19.6. The molecule has 1 aromatic heterocycles. The highest BCUT2D eigenvalue weighted by Gasteiger charge is 2.23. The molecule has 1 aromatic carbocycles. The number of amides is 1. The number of carbonyl (C=O) groups is 1. The van der Waals surface area contributed by atoms with Crippen molar-refractivity contribution in [3.63, 3.8) is 0 Å². The summed E-state index contributed by atoms with van der Waals surface area (Å²) in [5.74, 6) is -0.119. The van der Waals surface area contributed by atoms with Crippen LogP contribution >= 0.6 is 11.6 Å². The Morgan fingerprint density at radius 3 is 2.96 bits per heavy atom. The number of hydrogen-bond donors (Lipinski definition) is 2. The fourth-order valence-corrected chi connectivity index (χ4v) is 2.97. The van der Waals surface area contributed by atoms with Gasteiger partial charge in [-0.2, -0.15) is 0 Å². The van der Waals surface area contributed by atoms with E-state index in [1.807, 2.05) is 0 Å². The molecule has 2 heterocycles. The number of rotatable bonds is 1. The highest BCUT2D eigenvalue weighted by molar-refractivity contribution is 6.31. The lowest BCUT2D eigenvalue weighted by molar-refractivity contribution is -0.115. The highest BCUT2D eigenvalue weighted by Crippen LogP contribution is 2.36. The molecule has 1 aliphatic heterocycles. The van der Waals surface area contributed by atoms with Gasteiger partial charge in [-0.25, -0.2) is 14.4 Å². The Hall–Kier alpha value is -2.87. The van der Waals surface area contributed by atoms with Gasteiger partial charge in [-0.3, -0.25) is 4.79 Å². The first-order chi connectivity index (χ1) is 12.9. The maximum atomic E-state index is 14.0. The molecule has 0 saturated heterocycles. The number of benzene rings is 1. The molecule has 27 heavy (non-hydrogen) atoms. The first kappa shape index (κ1) is 18.9. The van der Waals surface area contributed by atoms with Gasteiger partial charge < -0.3 is 20.1 Å². The molecule has 2 bridgehead atoms. The molecule has 7 nitrogen and oxygen atoms in total. The van der Waals surface area contributed by atoms with Crippen molar-refractivity contribution in [2.75, 3.05) is 25.5 Å². The smallest absolute Gasteiger partial charge is 0.253 e. The molecular weight excluding hydrogens is 375 g/mol. The molecule has 0 radical (unpaired) electrons. The van der Waals surface area contributed by atoms with Gasteiger partial charge in [-0.1, -0.05) is 18.2 Å². The van der Waals surface area contributed by atoms with Crippen LogP contribution < -0.4 is 20.1 Å². The van der Waals surface area contributed by atoms with Gasteiger partial charge in [0, 0.05) is 7.05 Å². The van der Waals surface area contributed by atoms with Crippen molar-refractivity contribution in [3.05, 3.63) is 47.0 Å². The second kappa shape index (κ2) is 7.79.